The number of rotatable bonds is 4. The van der Waals surface area contributed by atoms with E-state index in [0.29, 0.717) is 0 Å². The first-order valence-corrected chi connectivity index (χ1v) is 9.46. The van der Waals surface area contributed by atoms with Crippen molar-refractivity contribution in [2.45, 2.75) is 49.6 Å². The van der Waals surface area contributed by atoms with Gasteiger partial charge in [0.2, 0.25) is 5.91 Å². The molecule has 3 rings (SSSR count). The maximum absolute atomic E-state index is 12.5. The van der Waals surface area contributed by atoms with Gasteiger partial charge in [0.1, 0.15) is 6.17 Å². The van der Waals surface area contributed by atoms with Crippen LogP contribution < -0.4 is 5.32 Å². The van der Waals surface area contributed by atoms with Crippen LogP contribution in [0.3, 0.4) is 0 Å². The van der Waals surface area contributed by atoms with Crippen LogP contribution in [0.5, 0.6) is 0 Å². The Kier molecular flexibility index (Phi) is 4.11. The zero-order valence-corrected chi connectivity index (χ0v) is 13.7. The minimum absolute atomic E-state index is 0.0633. The zero-order valence-electron chi connectivity index (χ0n) is 12.1. The molecule has 5 heteroatoms. The number of thiophene rings is 1. The van der Waals surface area contributed by atoms with Gasteiger partial charge in [0.05, 0.1) is 6.04 Å². The fourth-order valence-electron chi connectivity index (χ4n) is 3.41. The van der Waals surface area contributed by atoms with Gasteiger partial charge in [0.15, 0.2) is 0 Å². The minimum atomic E-state index is -0.0693. The first kappa shape index (κ1) is 14.4. The van der Waals surface area contributed by atoms with Crippen molar-refractivity contribution in [3.05, 3.63) is 22.4 Å². The van der Waals surface area contributed by atoms with Gasteiger partial charge in [-0.05, 0) is 48.4 Å². The summed E-state index contributed by atoms with van der Waals surface area (Å²) in [6.07, 6.45) is 7.34. The van der Waals surface area contributed by atoms with Crippen LogP contribution in [0, 0.1) is 0 Å². The highest BCUT2D eigenvalue weighted by molar-refractivity contribution is 8.00. The van der Waals surface area contributed by atoms with E-state index in [9.17, 15) is 4.79 Å². The Morgan fingerprint density at radius 1 is 1.50 bits per heavy atom. The molecule has 1 amide bonds. The number of amides is 1. The van der Waals surface area contributed by atoms with Crippen LogP contribution in [-0.2, 0) is 4.79 Å². The highest BCUT2D eigenvalue weighted by atomic mass is 32.2. The molecule has 0 bridgehead atoms. The Morgan fingerprint density at radius 2 is 2.25 bits per heavy atom. The van der Waals surface area contributed by atoms with Crippen LogP contribution in [0.4, 0.5) is 0 Å². The lowest BCUT2D eigenvalue weighted by atomic mass is 10.1. The molecule has 1 aromatic rings. The van der Waals surface area contributed by atoms with Crippen molar-refractivity contribution in [2.75, 3.05) is 12.8 Å². The van der Waals surface area contributed by atoms with Gasteiger partial charge in [-0.15, -0.1) is 0 Å². The Bertz CT molecular complexity index is 468. The Balaban J connectivity index is 1.83. The number of carbonyl (C=O) groups is 1. The van der Waals surface area contributed by atoms with Crippen molar-refractivity contribution in [2.24, 2.45) is 0 Å². The molecule has 1 aliphatic heterocycles. The number of hydrogen-bond acceptors (Lipinski definition) is 4. The Morgan fingerprint density at radius 3 is 2.85 bits per heavy atom. The number of hydrogen-bond donors (Lipinski definition) is 1. The van der Waals surface area contributed by atoms with Crippen molar-refractivity contribution >= 4 is 29.0 Å². The fraction of sp³-hybridized carbons (Fsp3) is 0.667. The zero-order chi connectivity index (χ0) is 14.2. The van der Waals surface area contributed by atoms with Gasteiger partial charge in [-0.1, -0.05) is 12.8 Å². The normalized spacial score (nSPS) is 29.3. The van der Waals surface area contributed by atoms with Gasteiger partial charge in [-0.2, -0.15) is 23.1 Å². The van der Waals surface area contributed by atoms with E-state index in [-0.39, 0.29) is 22.9 Å². The second-order valence-corrected chi connectivity index (χ2v) is 7.96. The van der Waals surface area contributed by atoms with Crippen molar-refractivity contribution in [3.63, 3.8) is 0 Å². The Labute approximate surface area is 129 Å². The largest absolute Gasteiger partial charge is 0.320 e. The van der Waals surface area contributed by atoms with Gasteiger partial charge < -0.3 is 4.90 Å². The van der Waals surface area contributed by atoms with E-state index < -0.39 is 0 Å². The molecule has 2 fully saturated rings. The van der Waals surface area contributed by atoms with Crippen LogP contribution >= 0.6 is 23.1 Å². The van der Waals surface area contributed by atoms with Gasteiger partial charge in [-0.3, -0.25) is 10.1 Å². The molecule has 20 heavy (non-hydrogen) atoms. The smallest absolute Gasteiger partial charge is 0.241 e. The van der Waals surface area contributed by atoms with Crippen molar-refractivity contribution in [1.29, 1.82) is 0 Å². The van der Waals surface area contributed by atoms with E-state index in [0.717, 1.165) is 6.54 Å². The molecule has 2 heterocycles. The molecule has 110 valence electrons. The molecule has 2 aliphatic rings. The van der Waals surface area contributed by atoms with Gasteiger partial charge in [0.25, 0.3) is 0 Å². The third-order valence-corrected chi connectivity index (χ3v) is 6.74. The summed E-state index contributed by atoms with van der Waals surface area (Å²) in [4.78, 5) is 14.6. The number of nitrogens with zero attached hydrogens (tertiary/aromatic N) is 1. The van der Waals surface area contributed by atoms with Crippen molar-refractivity contribution in [1.82, 2.24) is 10.2 Å². The van der Waals surface area contributed by atoms with Crippen LogP contribution in [-0.4, -0.2) is 34.4 Å². The van der Waals surface area contributed by atoms with Crippen LogP contribution in [0.2, 0.25) is 0 Å². The highest BCUT2D eigenvalue weighted by Crippen LogP contribution is 2.42. The van der Waals surface area contributed by atoms with Gasteiger partial charge in [0, 0.05) is 11.3 Å². The number of nitrogens with one attached hydrogen (secondary N) is 1. The third kappa shape index (κ3) is 2.51. The monoisotopic (exact) mass is 310 g/mol. The summed E-state index contributed by atoms with van der Waals surface area (Å²) in [5.41, 5.74) is 1.22. The summed E-state index contributed by atoms with van der Waals surface area (Å²) in [5, 5.41) is 7.68. The molecule has 1 saturated heterocycles. The maximum Gasteiger partial charge on any atom is 0.241 e. The van der Waals surface area contributed by atoms with E-state index in [2.05, 4.69) is 33.3 Å². The van der Waals surface area contributed by atoms with Crippen LogP contribution in [0.15, 0.2) is 16.8 Å². The molecule has 1 aliphatic carbocycles. The molecule has 0 aromatic carbocycles. The van der Waals surface area contributed by atoms with Crippen molar-refractivity contribution < 1.29 is 4.79 Å². The van der Waals surface area contributed by atoms with Crippen LogP contribution in [0.25, 0.3) is 0 Å². The SMILES string of the molecule is CSC1(CN2C(=O)C(C)NC2c2ccsc2)CCCC1. The molecule has 0 radical (unpaired) electrons. The lowest BCUT2D eigenvalue weighted by Gasteiger charge is -2.34. The molecular weight excluding hydrogens is 288 g/mol. The predicted octanol–water partition coefficient (Wildman–Crippen LogP) is 3.24. The summed E-state index contributed by atoms with van der Waals surface area (Å²) in [6, 6.07) is 2.06. The lowest BCUT2D eigenvalue weighted by molar-refractivity contribution is -0.130. The Hall–Kier alpha value is -0.520. The molecule has 1 saturated carbocycles. The molecule has 3 nitrogen and oxygen atoms in total. The molecule has 2 unspecified atom stereocenters. The summed E-state index contributed by atoms with van der Waals surface area (Å²) in [5.74, 6) is 0.251. The molecule has 0 spiro atoms. The maximum atomic E-state index is 12.5. The average molecular weight is 310 g/mol. The number of carbonyl (C=O) groups excluding carboxylic acids is 1. The van der Waals surface area contributed by atoms with E-state index in [1.807, 2.05) is 18.7 Å². The summed E-state index contributed by atoms with van der Waals surface area (Å²) >= 11 is 3.65. The van der Waals surface area contributed by atoms with E-state index in [1.54, 1.807) is 11.3 Å². The van der Waals surface area contributed by atoms with Gasteiger partial charge in [-0.25, -0.2) is 0 Å². The molecule has 1 N–H and O–H groups in total. The molecule has 1 aromatic heterocycles. The fourth-order valence-corrected chi connectivity index (χ4v) is 5.05. The van der Waals surface area contributed by atoms with Crippen molar-refractivity contribution in [3.8, 4) is 0 Å². The highest BCUT2D eigenvalue weighted by Gasteiger charge is 2.43. The van der Waals surface area contributed by atoms with E-state index in [4.69, 9.17) is 0 Å². The van der Waals surface area contributed by atoms with E-state index >= 15 is 0 Å². The first-order chi connectivity index (χ1) is 9.65. The third-order valence-electron chi connectivity index (χ3n) is 4.64. The summed E-state index contributed by atoms with van der Waals surface area (Å²) in [7, 11) is 0. The van der Waals surface area contributed by atoms with Gasteiger partial charge >= 0.3 is 0 Å². The lowest BCUT2D eigenvalue weighted by Crippen LogP contribution is -2.42. The summed E-state index contributed by atoms with van der Waals surface area (Å²) < 4.78 is 0.273. The molecule has 2 atom stereocenters. The number of thioether (sulfide) groups is 1. The quantitative estimate of drug-likeness (QED) is 0.926. The second-order valence-electron chi connectivity index (χ2n) is 5.91. The second kappa shape index (κ2) is 5.70. The minimum Gasteiger partial charge on any atom is -0.320 e. The summed E-state index contributed by atoms with van der Waals surface area (Å²) in [6.45, 7) is 2.85. The predicted molar refractivity (Wildman–Crippen MR) is 86.1 cm³/mol. The first-order valence-electron chi connectivity index (χ1n) is 7.29. The molecular formula is C15H22N2OS2. The van der Waals surface area contributed by atoms with Crippen LogP contribution in [0.1, 0.15) is 44.3 Å². The standard InChI is InChI=1S/C15H22N2OS2/c1-11-14(18)17(10-15(19-2)6-3-4-7-15)13(16-11)12-5-8-20-9-12/h5,8-9,11,13,16H,3-4,6-7,10H2,1-2H3. The van der Waals surface area contributed by atoms with E-state index in [1.165, 1.54) is 31.2 Å². The average Bonchev–Trinajstić information content (AvgIpc) is 3.17. The topological polar surface area (TPSA) is 32.3 Å².